The van der Waals surface area contributed by atoms with Gasteiger partial charge in [0, 0.05) is 24.5 Å². The summed E-state index contributed by atoms with van der Waals surface area (Å²) in [6.45, 7) is 13.8. The van der Waals surface area contributed by atoms with Gasteiger partial charge < -0.3 is 15.0 Å². The summed E-state index contributed by atoms with van der Waals surface area (Å²) in [7, 11) is 0. The molecular formula is C15H30N2O. The topological polar surface area (TPSA) is 24.5 Å². The Bertz CT molecular complexity index is 251. The third-order valence-corrected chi connectivity index (χ3v) is 4.54. The largest absolute Gasteiger partial charge is 0.380 e. The molecule has 0 radical (unpaired) electrons. The second-order valence-electron chi connectivity index (χ2n) is 6.68. The van der Waals surface area contributed by atoms with E-state index in [9.17, 15) is 0 Å². The number of piperidine rings is 1. The average molecular weight is 254 g/mol. The fourth-order valence-electron chi connectivity index (χ4n) is 3.15. The fourth-order valence-corrected chi connectivity index (χ4v) is 3.15. The Labute approximate surface area is 112 Å². The maximum Gasteiger partial charge on any atom is 0.0554 e. The summed E-state index contributed by atoms with van der Waals surface area (Å²) in [6.07, 6.45) is 4.04. The zero-order valence-corrected chi connectivity index (χ0v) is 12.4. The lowest BCUT2D eigenvalue weighted by molar-refractivity contribution is -0.101. The Morgan fingerprint density at radius 1 is 1.44 bits per heavy atom. The van der Waals surface area contributed by atoms with Crippen molar-refractivity contribution in [1.82, 2.24) is 10.2 Å². The number of nitrogens with zero attached hydrogens (tertiary/aromatic N) is 1. The fraction of sp³-hybridized carbons (Fsp3) is 1.00. The van der Waals surface area contributed by atoms with Crippen LogP contribution in [0.4, 0.5) is 0 Å². The van der Waals surface area contributed by atoms with Gasteiger partial charge in [-0.3, -0.25) is 0 Å². The summed E-state index contributed by atoms with van der Waals surface area (Å²) in [5.41, 5.74) is 0.395. The number of hydrogen-bond donors (Lipinski definition) is 1. The lowest BCUT2D eigenvalue weighted by Crippen LogP contribution is -2.52. The molecule has 3 nitrogen and oxygen atoms in total. The summed E-state index contributed by atoms with van der Waals surface area (Å²) >= 11 is 0. The normalized spacial score (nSPS) is 29.8. The van der Waals surface area contributed by atoms with Gasteiger partial charge in [0.05, 0.1) is 13.2 Å². The highest BCUT2D eigenvalue weighted by molar-refractivity contribution is 4.86. The molecular weight excluding hydrogens is 224 g/mol. The van der Waals surface area contributed by atoms with Crippen LogP contribution in [0.15, 0.2) is 0 Å². The van der Waals surface area contributed by atoms with E-state index in [4.69, 9.17) is 4.74 Å². The van der Waals surface area contributed by atoms with Gasteiger partial charge in [-0.05, 0) is 45.2 Å². The molecule has 0 aliphatic carbocycles. The van der Waals surface area contributed by atoms with Crippen LogP contribution in [-0.2, 0) is 4.74 Å². The molecule has 0 spiro atoms. The van der Waals surface area contributed by atoms with Crippen molar-refractivity contribution in [3.63, 3.8) is 0 Å². The highest BCUT2D eigenvalue weighted by Crippen LogP contribution is 2.26. The SMILES string of the molecule is CCCN1CCCC(C(C)NCC2(C)COC2)C1. The van der Waals surface area contributed by atoms with Crippen molar-refractivity contribution in [1.29, 1.82) is 0 Å². The molecule has 3 heteroatoms. The molecule has 2 rings (SSSR count). The lowest BCUT2D eigenvalue weighted by atomic mass is 9.86. The zero-order valence-electron chi connectivity index (χ0n) is 12.4. The van der Waals surface area contributed by atoms with Gasteiger partial charge in [0.15, 0.2) is 0 Å². The van der Waals surface area contributed by atoms with Crippen molar-refractivity contribution in [3.05, 3.63) is 0 Å². The van der Waals surface area contributed by atoms with E-state index >= 15 is 0 Å². The minimum Gasteiger partial charge on any atom is -0.380 e. The Morgan fingerprint density at radius 3 is 2.83 bits per heavy atom. The standard InChI is InChI=1S/C15H30N2O/c1-4-7-17-8-5-6-14(9-17)13(2)16-10-15(3)11-18-12-15/h13-14,16H,4-12H2,1-3H3. The molecule has 2 heterocycles. The molecule has 2 atom stereocenters. The van der Waals surface area contributed by atoms with E-state index in [1.807, 2.05) is 0 Å². The second-order valence-corrected chi connectivity index (χ2v) is 6.68. The first-order valence-electron chi connectivity index (χ1n) is 7.66. The number of ether oxygens (including phenoxy) is 1. The average Bonchev–Trinajstić information content (AvgIpc) is 2.34. The summed E-state index contributed by atoms with van der Waals surface area (Å²) in [4.78, 5) is 2.64. The molecule has 0 bridgehead atoms. The maximum absolute atomic E-state index is 5.32. The van der Waals surface area contributed by atoms with Crippen LogP contribution < -0.4 is 5.32 Å². The van der Waals surface area contributed by atoms with E-state index in [1.165, 1.54) is 38.9 Å². The molecule has 2 aliphatic rings. The van der Waals surface area contributed by atoms with E-state index in [0.29, 0.717) is 11.5 Å². The summed E-state index contributed by atoms with van der Waals surface area (Å²) < 4.78 is 5.32. The first kappa shape index (κ1) is 14.3. The number of likely N-dealkylation sites (tertiary alicyclic amines) is 1. The van der Waals surface area contributed by atoms with Crippen molar-refractivity contribution in [2.45, 2.75) is 46.1 Å². The minimum absolute atomic E-state index is 0.395. The monoisotopic (exact) mass is 254 g/mol. The molecule has 1 N–H and O–H groups in total. The van der Waals surface area contributed by atoms with Crippen molar-refractivity contribution in [2.75, 3.05) is 39.4 Å². The second kappa shape index (κ2) is 6.36. The molecule has 2 fully saturated rings. The Kier molecular flexibility index (Phi) is 5.05. The van der Waals surface area contributed by atoms with Gasteiger partial charge >= 0.3 is 0 Å². The van der Waals surface area contributed by atoms with Crippen LogP contribution in [-0.4, -0.2) is 50.3 Å². The summed E-state index contributed by atoms with van der Waals surface area (Å²) in [6, 6.07) is 0.641. The van der Waals surface area contributed by atoms with Gasteiger partial charge in [-0.15, -0.1) is 0 Å². The van der Waals surface area contributed by atoms with Gasteiger partial charge in [-0.1, -0.05) is 13.8 Å². The zero-order chi connectivity index (χ0) is 13.0. The van der Waals surface area contributed by atoms with Crippen LogP contribution in [0.1, 0.15) is 40.0 Å². The Hall–Kier alpha value is -0.120. The molecule has 0 aromatic heterocycles. The number of rotatable bonds is 6. The van der Waals surface area contributed by atoms with Gasteiger partial charge in [-0.25, -0.2) is 0 Å². The van der Waals surface area contributed by atoms with Gasteiger partial charge in [-0.2, -0.15) is 0 Å². The van der Waals surface area contributed by atoms with Crippen LogP contribution in [0.25, 0.3) is 0 Å². The molecule has 18 heavy (non-hydrogen) atoms. The molecule has 0 aromatic rings. The minimum atomic E-state index is 0.395. The number of hydrogen-bond acceptors (Lipinski definition) is 3. The molecule has 2 saturated heterocycles. The molecule has 0 saturated carbocycles. The van der Waals surface area contributed by atoms with Crippen LogP contribution in [0.3, 0.4) is 0 Å². The third-order valence-electron chi connectivity index (χ3n) is 4.54. The summed E-state index contributed by atoms with van der Waals surface area (Å²) in [5.74, 6) is 0.829. The third kappa shape index (κ3) is 3.69. The van der Waals surface area contributed by atoms with E-state index in [-0.39, 0.29) is 0 Å². The van der Waals surface area contributed by atoms with Crippen molar-refractivity contribution >= 4 is 0 Å². The van der Waals surface area contributed by atoms with Crippen molar-refractivity contribution in [2.24, 2.45) is 11.3 Å². The molecule has 2 aliphatic heterocycles. The van der Waals surface area contributed by atoms with Crippen molar-refractivity contribution in [3.8, 4) is 0 Å². The van der Waals surface area contributed by atoms with E-state index < -0.39 is 0 Å². The summed E-state index contributed by atoms with van der Waals surface area (Å²) in [5, 5.41) is 3.75. The highest BCUT2D eigenvalue weighted by atomic mass is 16.5. The molecule has 2 unspecified atom stereocenters. The first-order chi connectivity index (χ1) is 8.63. The smallest absolute Gasteiger partial charge is 0.0554 e. The van der Waals surface area contributed by atoms with Crippen molar-refractivity contribution < 1.29 is 4.74 Å². The highest BCUT2D eigenvalue weighted by Gasteiger charge is 2.34. The maximum atomic E-state index is 5.32. The van der Waals surface area contributed by atoms with Gasteiger partial charge in [0.2, 0.25) is 0 Å². The predicted octanol–water partition coefficient (Wildman–Crippen LogP) is 2.12. The van der Waals surface area contributed by atoms with E-state index in [2.05, 4.69) is 31.0 Å². The van der Waals surface area contributed by atoms with Crippen LogP contribution in [0.5, 0.6) is 0 Å². The number of nitrogens with one attached hydrogen (secondary N) is 1. The van der Waals surface area contributed by atoms with Gasteiger partial charge in [0.1, 0.15) is 0 Å². The Balaban J connectivity index is 1.72. The van der Waals surface area contributed by atoms with E-state index in [1.54, 1.807) is 0 Å². The predicted molar refractivity (Wildman–Crippen MR) is 75.8 cm³/mol. The Morgan fingerprint density at radius 2 is 2.22 bits per heavy atom. The molecule has 0 amide bonds. The van der Waals surface area contributed by atoms with Crippen LogP contribution in [0.2, 0.25) is 0 Å². The molecule has 0 aromatic carbocycles. The first-order valence-corrected chi connectivity index (χ1v) is 7.66. The van der Waals surface area contributed by atoms with E-state index in [0.717, 1.165) is 25.7 Å². The van der Waals surface area contributed by atoms with Gasteiger partial charge in [0.25, 0.3) is 0 Å². The quantitative estimate of drug-likeness (QED) is 0.786. The van der Waals surface area contributed by atoms with Crippen LogP contribution >= 0.6 is 0 Å². The lowest BCUT2D eigenvalue weighted by Gasteiger charge is -2.41. The van der Waals surface area contributed by atoms with Crippen LogP contribution in [0, 0.1) is 11.3 Å². The molecule has 106 valence electrons.